The SMILES string of the molecule is O=CCCCN1CCN(C(c2ccc(F)cc2)c2ccc(F)cc2)CC1. The van der Waals surface area contributed by atoms with E-state index in [-0.39, 0.29) is 17.7 Å². The van der Waals surface area contributed by atoms with Gasteiger partial charge in [-0.1, -0.05) is 24.3 Å². The summed E-state index contributed by atoms with van der Waals surface area (Å²) >= 11 is 0. The van der Waals surface area contributed by atoms with E-state index < -0.39 is 0 Å². The molecule has 2 aromatic carbocycles. The number of carbonyl (C=O) groups is 1. The van der Waals surface area contributed by atoms with Gasteiger partial charge in [-0.05, 0) is 48.4 Å². The molecule has 0 radical (unpaired) electrons. The zero-order chi connectivity index (χ0) is 18.4. The molecule has 0 amide bonds. The number of halogens is 2. The van der Waals surface area contributed by atoms with Crippen molar-refractivity contribution >= 4 is 6.29 Å². The lowest BCUT2D eigenvalue weighted by atomic mass is 9.96. The van der Waals surface area contributed by atoms with Crippen LogP contribution in [0, 0.1) is 11.6 Å². The third-order valence-electron chi connectivity index (χ3n) is 4.94. The van der Waals surface area contributed by atoms with Crippen LogP contribution in [-0.4, -0.2) is 48.8 Å². The van der Waals surface area contributed by atoms with Crippen molar-refractivity contribution in [2.45, 2.75) is 18.9 Å². The molecule has 0 spiro atoms. The topological polar surface area (TPSA) is 23.6 Å². The Balaban J connectivity index is 1.75. The number of hydrogen-bond donors (Lipinski definition) is 0. The lowest BCUT2D eigenvalue weighted by molar-refractivity contribution is -0.108. The molecule has 5 heteroatoms. The molecule has 3 rings (SSSR count). The van der Waals surface area contributed by atoms with Gasteiger partial charge in [-0.15, -0.1) is 0 Å². The Morgan fingerprint density at radius 2 is 1.35 bits per heavy atom. The highest BCUT2D eigenvalue weighted by molar-refractivity contribution is 5.49. The molecular formula is C21H24F2N2O. The summed E-state index contributed by atoms with van der Waals surface area (Å²) < 4.78 is 26.7. The fraction of sp³-hybridized carbons (Fsp3) is 0.381. The van der Waals surface area contributed by atoms with Crippen LogP contribution in [0.2, 0.25) is 0 Å². The molecule has 3 nitrogen and oxygen atoms in total. The van der Waals surface area contributed by atoms with E-state index in [0.717, 1.165) is 56.6 Å². The van der Waals surface area contributed by atoms with Gasteiger partial charge in [0.1, 0.15) is 17.9 Å². The summed E-state index contributed by atoms with van der Waals surface area (Å²) in [5.74, 6) is -0.516. The number of unbranched alkanes of at least 4 members (excludes halogenated alkanes) is 1. The van der Waals surface area contributed by atoms with Crippen LogP contribution in [0.1, 0.15) is 30.0 Å². The highest BCUT2D eigenvalue weighted by Gasteiger charge is 2.26. The van der Waals surface area contributed by atoms with E-state index in [0.29, 0.717) is 6.42 Å². The second kappa shape index (κ2) is 9.01. The first-order valence-electron chi connectivity index (χ1n) is 9.08. The zero-order valence-electron chi connectivity index (χ0n) is 14.8. The number of hydrogen-bond acceptors (Lipinski definition) is 3. The minimum Gasteiger partial charge on any atom is -0.303 e. The van der Waals surface area contributed by atoms with Crippen LogP contribution in [0.4, 0.5) is 8.78 Å². The number of aldehydes is 1. The maximum absolute atomic E-state index is 13.4. The summed E-state index contributed by atoms with van der Waals surface area (Å²) in [6.07, 6.45) is 2.46. The summed E-state index contributed by atoms with van der Waals surface area (Å²) in [7, 11) is 0. The Kier molecular flexibility index (Phi) is 6.47. The van der Waals surface area contributed by atoms with Crippen LogP contribution in [-0.2, 0) is 4.79 Å². The lowest BCUT2D eigenvalue weighted by Crippen LogP contribution is -2.48. The molecule has 2 aromatic rings. The Morgan fingerprint density at radius 3 is 1.81 bits per heavy atom. The van der Waals surface area contributed by atoms with E-state index in [4.69, 9.17) is 0 Å². The van der Waals surface area contributed by atoms with Crippen LogP contribution < -0.4 is 0 Å². The molecule has 1 aliphatic heterocycles. The summed E-state index contributed by atoms with van der Waals surface area (Å²) in [6, 6.07) is 13.1. The van der Waals surface area contributed by atoms with Crippen molar-refractivity contribution in [2.24, 2.45) is 0 Å². The molecule has 0 saturated carbocycles. The van der Waals surface area contributed by atoms with Gasteiger partial charge in [0.2, 0.25) is 0 Å². The third-order valence-corrected chi connectivity index (χ3v) is 4.94. The van der Waals surface area contributed by atoms with Crippen LogP contribution >= 0.6 is 0 Å². The molecular weight excluding hydrogens is 334 g/mol. The van der Waals surface area contributed by atoms with Crippen LogP contribution in [0.25, 0.3) is 0 Å². The number of nitrogens with zero attached hydrogens (tertiary/aromatic N) is 2. The summed E-state index contributed by atoms with van der Waals surface area (Å²) in [5, 5.41) is 0. The van der Waals surface area contributed by atoms with E-state index in [2.05, 4.69) is 9.80 Å². The van der Waals surface area contributed by atoms with E-state index in [1.54, 1.807) is 24.3 Å². The van der Waals surface area contributed by atoms with Crippen molar-refractivity contribution in [1.29, 1.82) is 0 Å². The van der Waals surface area contributed by atoms with Crippen molar-refractivity contribution in [1.82, 2.24) is 9.80 Å². The molecule has 26 heavy (non-hydrogen) atoms. The number of carbonyl (C=O) groups excluding carboxylic acids is 1. The first-order chi connectivity index (χ1) is 12.7. The molecule has 0 N–H and O–H groups in total. The molecule has 138 valence electrons. The first-order valence-corrected chi connectivity index (χ1v) is 9.08. The number of piperazine rings is 1. The van der Waals surface area contributed by atoms with Gasteiger partial charge in [0.15, 0.2) is 0 Å². The minimum absolute atomic E-state index is 0.0201. The van der Waals surface area contributed by atoms with E-state index in [9.17, 15) is 13.6 Å². The van der Waals surface area contributed by atoms with E-state index in [1.165, 1.54) is 24.3 Å². The van der Waals surface area contributed by atoms with Gasteiger partial charge < -0.3 is 9.69 Å². The maximum atomic E-state index is 13.4. The van der Waals surface area contributed by atoms with Crippen molar-refractivity contribution < 1.29 is 13.6 Å². The van der Waals surface area contributed by atoms with E-state index in [1.807, 2.05) is 0 Å². The molecule has 0 aliphatic carbocycles. The molecule has 0 aromatic heterocycles. The van der Waals surface area contributed by atoms with Gasteiger partial charge in [-0.3, -0.25) is 4.90 Å². The Hall–Kier alpha value is -2.11. The van der Waals surface area contributed by atoms with Gasteiger partial charge in [0.05, 0.1) is 6.04 Å². The predicted molar refractivity (Wildman–Crippen MR) is 98.0 cm³/mol. The fourth-order valence-corrected chi connectivity index (χ4v) is 3.55. The molecule has 1 saturated heterocycles. The smallest absolute Gasteiger partial charge is 0.123 e. The third kappa shape index (κ3) is 4.74. The van der Waals surface area contributed by atoms with Gasteiger partial charge in [0.25, 0.3) is 0 Å². The van der Waals surface area contributed by atoms with Crippen molar-refractivity contribution in [2.75, 3.05) is 32.7 Å². The largest absolute Gasteiger partial charge is 0.303 e. The van der Waals surface area contributed by atoms with Crippen LogP contribution in [0.15, 0.2) is 48.5 Å². The summed E-state index contributed by atoms with van der Waals surface area (Å²) in [5.41, 5.74) is 2.01. The van der Waals surface area contributed by atoms with Gasteiger partial charge in [0, 0.05) is 32.6 Å². The molecule has 0 unspecified atom stereocenters. The average Bonchev–Trinajstić information content (AvgIpc) is 2.66. The quantitative estimate of drug-likeness (QED) is 0.558. The molecule has 0 atom stereocenters. The van der Waals surface area contributed by atoms with Crippen molar-refractivity contribution in [3.8, 4) is 0 Å². The highest BCUT2D eigenvalue weighted by atomic mass is 19.1. The lowest BCUT2D eigenvalue weighted by Gasteiger charge is -2.39. The van der Waals surface area contributed by atoms with Gasteiger partial charge in [-0.25, -0.2) is 8.78 Å². The summed E-state index contributed by atoms with van der Waals surface area (Å²) in [6.45, 7) is 4.54. The molecule has 0 bridgehead atoms. The van der Waals surface area contributed by atoms with Crippen LogP contribution in [0.3, 0.4) is 0 Å². The van der Waals surface area contributed by atoms with Crippen LogP contribution in [0.5, 0.6) is 0 Å². The zero-order valence-corrected chi connectivity index (χ0v) is 14.8. The summed E-state index contributed by atoms with van der Waals surface area (Å²) in [4.78, 5) is 15.2. The maximum Gasteiger partial charge on any atom is 0.123 e. The number of benzene rings is 2. The fourth-order valence-electron chi connectivity index (χ4n) is 3.55. The molecule has 1 fully saturated rings. The second-order valence-electron chi connectivity index (χ2n) is 6.69. The highest BCUT2D eigenvalue weighted by Crippen LogP contribution is 2.30. The molecule has 1 heterocycles. The Morgan fingerprint density at radius 1 is 0.846 bits per heavy atom. The Labute approximate surface area is 153 Å². The average molecular weight is 358 g/mol. The van der Waals surface area contributed by atoms with Gasteiger partial charge in [-0.2, -0.15) is 0 Å². The number of rotatable bonds is 7. The normalized spacial score (nSPS) is 16.1. The predicted octanol–water partition coefficient (Wildman–Crippen LogP) is 3.65. The monoisotopic (exact) mass is 358 g/mol. The minimum atomic E-state index is -0.258. The van der Waals surface area contributed by atoms with Crippen molar-refractivity contribution in [3.63, 3.8) is 0 Å². The van der Waals surface area contributed by atoms with Gasteiger partial charge >= 0.3 is 0 Å². The van der Waals surface area contributed by atoms with Crippen molar-refractivity contribution in [3.05, 3.63) is 71.3 Å². The standard InChI is InChI=1S/C21H24F2N2O/c22-19-7-3-17(4-8-19)21(18-5-9-20(23)10-6-18)25-14-12-24(13-15-25)11-1-2-16-26/h3-10,16,21H,1-2,11-15H2. The molecule has 1 aliphatic rings. The Bertz CT molecular complexity index is 649. The second-order valence-corrected chi connectivity index (χ2v) is 6.69. The first kappa shape index (κ1) is 18.7. The van der Waals surface area contributed by atoms with E-state index >= 15 is 0 Å².